The third kappa shape index (κ3) is 2.61. The summed E-state index contributed by atoms with van der Waals surface area (Å²) in [7, 11) is 1.90. The van der Waals surface area contributed by atoms with Crippen LogP contribution in [0.5, 0.6) is 0 Å². The minimum absolute atomic E-state index is 0.0730. The van der Waals surface area contributed by atoms with E-state index >= 15 is 0 Å². The molecule has 0 bridgehead atoms. The number of anilines is 1. The van der Waals surface area contributed by atoms with Gasteiger partial charge in [0.25, 0.3) is 0 Å². The van der Waals surface area contributed by atoms with E-state index in [1.807, 2.05) is 18.5 Å². The van der Waals surface area contributed by atoms with Crippen LogP contribution in [0.25, 0.3) is 0 Å². The SMILES string of the molecule is CCc1nnc(S[C@@H]2CCN(c3ccccc3F)C2=O)n1C. The van der Waals surface area contributed by atoms with Crippen molar-refractivity contribution in [3.05, 3.63) is 35.9 Å². The van der Waals surface area contributed by atoms with E-state index < -0.39 is 0 Å². The number of aromatic nitrogens is 3. The van der Waals surface area contributed by atoms with Gasteiger partial charge in [-0.15, -0.1) is 10.2 Å². The molecule has 0 N–H and O–H groups in total. The van der Waals surface area contributed by atoms with Crippen LogP contribution in [-0.2, 0) is 18.3 Å². The number of nitrogens with zero attached hydrogens (tertiary/aromatic N) is 4. The highest BCUT2D eigenvalue weighted by Crippen LogP contribution is 2.33. The first-order valence-corrected chi connectivity index (χ1v) is 8.10. The summed E-state index contributed by atoms with van der Waals surface area (Å²) >= 11 is 1.40. The molecule has 1 atom stereocenters. The summed E-state index contributed by atoms with van der Waals surface area (Å²) in [5.41, 5.74) is 0.350. The summed E-state index contributed by atoms with van der Waals surface area (Å²) in [6.07, 6.45) is 1.47. The van der Waals surface area contributed by atoms with Gasteiger partial charge in [0, 0.05) is 20.0 Å². The molecule has 116 valence electrons. The molecule has 0 aliphatic carbocycles. The minimum atomic E-state index is -0.367. The number of benzene rings is 1. The molecule has 0 spiro atoms. The van der Waals surface area contributed by atoms with E-state index in [-0.39, 0.29) is 17.0 Å². The second kappa shape index (κ2) is 6.08. The molecule has 0 saturated carbocycles. The predicted molar refractivity (Wildman–Crippen MR) is 83.4 cm³/mol. The molecule has 1 amide bonds. The van der Waals surface area contributed by atoms with Crippen molar-refractivity contribution in [3.8, 4) is 0 Å². The van der Waals surface area contributed by atoms with Crippen LogP contribution in [0.3, 0.4) is 0 Å². The fraction of sp³-hybridized carbons (Fsp3) is 0.400. The van der Waals surface area contributed by atoms with Crippen molar-refractivity contribution in [3.63, 3.8) is 0 Å². The van der Waals surface area contributed by atoms with Gasteiger partial charge < -0.3 is 9.47 Å². The molecule has 1 aliphatic rings. The Balaban J connectivity index is 1.76. The highest BCUT2D eigenvalue weighted by atomic mass is 32.2. The van der Waals surface area contributed by atoms with Crippen molar-refractivity contribution < 1.29 is 9.18 Å². The third-order valence-electron chi connectivity index (χ3n) is 3.79. The molecule has 1 aromatic carbocycles. The van der Waals surface area contributed by atoms with Gasteiger partial charge in [-0.25, -0.2) is 4.39 Å². The van der Waals surface area contributed by atoms with Crippen LogP contribution in [0.15, 0.2) is 29.4 Å². The molecule has 0 unspecified atom stereocenters. The van der Waals surface area contributed by atoms with E-state index in [1.165, 1.54) is 22.7 Å². The predicted octanol–water partition coefficient (Wildman–Crippen LogP) is 2.41. The van der Waals surface area contributed by atoms with Crippen molar-refractivity contribution in [2.24, 2.45) is 7.05 Å². The highest BCUT2D eigenvalue weighted by molar-refractivity contribution is 8.00. The van der Waals surface area contributed by atoms with E-state index in [2.05, 4.69) is 10.2 Å². The van der Waals surface area contributed by atoms with Crippen LogP contribution in [0.4, 0.5) is 10.1 Å². The maximum atomic E-state index is 13.9. The lowest BCUT2D eigenvalue weighted by Crippen LogP contribution is -2.28. The lowest BCUT2D eigenvalue weighted by Gasteiger charge is -2.17. The van der Waals surface area contributed by atoms with Gasteiger partial charge in [-0.1, -0.05) is 30.8 Å². The van der Waals surface area contributed by atoms with Crippen molar-refractivity contribution in [2.45, 2.75) is 30.2 Å². The Kier molecular flexibility index (Phi) is 4.15. The number of amides is 1. The zero-order valence-corrected chi connectivity index (χ0v) is 13.3. The van der Waals surface area contributed by atoms with Crippen LogP contribution in [0.2, 0.25) is 0 Å². The van der Waals surface area contributed by atoms with Crippen LogP contribution in [0, 0.1) is 5.82 Å². The van der Waals surface area contributed by atoms with Crippen LogP contribution in [-0.4, -0.2) is 32.5 Å². The second-order valence-corrected chi connectivity index (χ2v) is 6.32. The molecule has 2 aromatic rings. The highest BCUT2D eigenvalue weighted by Gasteiger charge is 2.35. The maximum absolute atomic E-state index is 13.9. The number of carbonyl (C=O) groups excluding carboxylic acids is 1. The summed E-state index contributed by atoms with van der Waals surface area (Å²) in [4.78, 5) is 14.0. The van der Waals surface area contributed by atoms with Crippen molar-refractivity contribution in [2.75, 3.05) is 11.4 Å². The van der Waals surface area contributed by atoms with E-state index in [4.69, 9.17) is 0 Å². The molecule has 3 rings (SSSR count). The number of thioether (sulfide) groups is 1. The third-order valence-corrected chi connectivity index (χ3v) is 5.08. The van der Waals surface area contributed by atoms with Gasteiger partial charge in [0.15, 0.2) is 5.16 Å². The zero-order valence-electron chi connectivity index (χ0n) is 12.5. The molecule has 1 aliphatic heterocycles. The number of hydrogen-bond donors (Lipinski definition) is 0. The van der Waals surface area contributed by atoms with E-state index in [9.17, 15) is 9.18 Å². The lowest BCUT2D eigenvalue weighted by molar-refractivity contribution is -0.116. The largest absolute Gasteiger partial charge is 0.309 e. The number of halogens is 1. The topological polar surface area (TPSA) is 51.0 Å². The molecule has 1 fully saturated rings. The monoisotopic (exact) mass is 320 g/mol. The van der Waals surface area contributed by atoms with Gasteiger partial charge in [0.1, 0.15) is 11.6 Å². The standard InChI is InChI=1S/C15H17FN4OS/c1-3-13-17-18-15(19(13)2)22-12-8-9-20(14(12)21)11-7-5-4-6-10(11)16/h4-7,12H,3,8-9H2,1-2H3/t12-/m1/s1. The summed E-state index contributed by atoms with van der Waals surface area (Å²) in [6, 6.07) is 6.37. The number of rotatable bonds is 4. The van der Waals surface area contributed by atoms with Crippen molar-refractivity contribution >= 4 is 23.4 Å². The normalized spacial score (nSPS) is 18.2. The number of carbonyl (C=O) groups is 1. The van der Waals surface area contributed by atoms with Crippen LogP contribution in [0.1, 0.15) is 19.2 Å². The van der Waals surface area contributed by atoms with Gasteiger partial charge in [0.05, 0.1) is 10.9 Å². The van der Waals surface area contributed by atoms with Gasteiger partial charge in [-0.05, 0) is 18.6 Å². The van der Waals surface area contributed by atoms with Gasteiger partial charge in [-0.3, -0.25) is 4.79 Å². The summed E-state index contributed by atoms with van der Waals surface area (Å²) in [5.74, 6) is 0.448. The first-order valence-electron chi connectivity index (χ1n) is 7.22. The fourth-order valence-corrected chi connectivity index (χ4v) is 3.61. The van der Waals surface area contributed by atoms with Crippen LogP contribution < -0.4 is 4.90 Å². The maximum Gasteiger partial charge on any atom is 0.240 e. The number of aryl methyl sites for hydroxylation is 1. The molecule has 0 radical (unpaired) electrons. The Labute approximate surface area is 132 Å². The Bertz CT molecular complexity index is 703. The average molecular weight is 320 g/mol. The molecule has 7 heteroatoms. The Morgan fingerprint density at radius 2 is 2.14 bits per heavy atom. The molecular weight excluding hydrogens is 303 g/mol. The summed E-state index contributed by atoms with van der Waals surface area (Å²) in [6.45, 7) is 2.54. The van der Waals surface area contributed by atoms with Gasteiger partial charge in [-0.2, -0.15) is 0 Å². The second-order valence-electron chi connectivity index (χ2n) is 5.15. The smallest absolute Gasteiger partial charge is 0.240 e. The van der Waals surface area contributed by atoms with Gasteiger partial charge in [0.2, 0.25) is 5.91 Å². The average Bonchev–Trinajstić information content (AvgIpc) is 3.05. The first-order chi connectivity index (χ1) is 10.6. The Morgan fingerprint density at radius 3 is 2.82 bits per heavy atom. The zero-order chi connectivity index (χ0) is 15.7. The molecule has 1 saturated heterocycles. The van der Waals surface area contributed by atoms with E-state index in [0.29, 0.717) is 18.7 Å². The molecule has 2 heterocycles. The van der Waals surface area contributed by atoms with Gasteiger partial charge >= 0.3 is 0 Å². The molecule has 5 nitrogen and oxygen atoms in total. The fourth-order valence-electron chi connectivity index (χ4n) is 2.56. The van der Waals surface area contributed by atoms with Crippen molar-refractivity contribution in [1.29, 1.82) is 0 Å². The van der Waals surface area contributed by atoms with E-state index in [0.717, 1.165) is 17.4 Å². The number of hydrogen-bond acceptors (Lipinski definition) is 4. The Hall–Kier alpha value is -1.89. The summed E-state index contributed by atoms with van der Waals surface area (Å²) < 4.78 is 15.8. The minimum Gasteiger partial charge on any atom is -0.309 e. The molecule has 22 heavy (non-hydrogen) atoms. The molecule has 1 aromatic heterocycles. The Morgan fingerprint density at radius 1 is 1.36 bits per heavy atom. The van der Waals surface area contributed by atoms with E-state index in [1.54, 1.807) is 18.2 Å². The quantitative estimate of drug-likeness (QED) is 0.868. The summed E-state index contributed by atoms with van der Waals surface area (Å²) in [5, 5.41) is 8.71. The molecular formula is C15H17FN4OS. The first kappa shape index (κ1) is 15.0. The van der Waals surface area contributed by atoms with Crippen LogP contribution >= 0.6 is 11.8 Å². The lowest BCUT2D eigenvalue weighted by atomic mass is 10.3. The van der Waals surface area contributed by atoms with Crippen molar-refractivity contribution in [1.82, 2.24) is 14.8 Å². The number of para-hydroxylation sites is 1.